The number of aromatic carboxylic acids is 1. The van der Waals surface area contributed by atoms with Crippen LogP contribution in [0.25, 0.3) is 0 Å². The second-order valence-electron chi connectivity index (χ2n) is 5.70. The zero-order valence-electron chi connectivity index (χ0n) is 14.6. The first-order valence-electron chi connectivity index (χ1n) is 7.91. The Morgan fingerprint density at radius 1 is 1.23 bits per heavy atom. The summed E-state index contributed by atoms with van der Waals surface area (Å²) >= 11 is 0. The van der Waals surface area contributed by atoms with Gasteiger partial charge < -0.3 is 19.7 Å². The number of ether oxygens (including phenoxy) is 2. The molecule has 7 nitrogen and oxygen atoms in total. The second-order valence-corrected chi connectivity index (χ2v) is 7.61. The van der Waals surface area contributed by atoms with E-state index in [-0.39, 0.29) is 17.4 Å². The van der Waals surface area contributed by atoms with Gasteiger partial charge in [0.2, 0.25) is 9.84 Å². The number of benzene rings is 1. The highest BCUT2D eigenvalue weighted by Crippen LogP contribution is 2.37. The second kappa shape index (κ2) is 7.65. The molecule has 1 aromatic carbocycles. The molecule has 0 atom stereocenters. The van der Waals surface area contributed by atoms with Gasteiger partial charge in [0.25, 0.3) is 0 Å². The third-order valence-corrected chi connectivity index (χ3v) is 5.18. The van der Waals surface area contributed by atoms with Crippen molar-refractivity contribution in [2.75, 3.05) is 6.61 Å². The Bertz CT molecular complexity index is 905. The standard InChI is InChI=1S/C9H10O4.C9H10O3S/c1-2-13-6-3-4-7(9(11)12)8(10)5-6;1-6(2)12-8-5-7-3-4-9(8)13(7,10)11/h3-5,10H,2H2,1H3,(H,11,12);3-6H,1-2H3. The lowest BCUT2D eigenvalue weighted by atomic mass is 10.2. The summed E-state index contributed by atoms with van der Waals surface area (Å²) in [5, 5.41) is 17.8. The number of phenols is 1. The Balaban J connectivity index is 0.000000187. The summed E-state index contributed by atoms with van der Waals surface area (Å²) in [6, 6.07) is 4.10. The highest BCUT2D eigenvalue weighted by molar-refractivity contribution is 8.00. The lowest BCUT2D eigenvalue weighted by Crippen LogP contribution is -2.02. The number of aromatic hydroxyl groups is 1. The quantitative estimate of drug-likeness (QED) is 0.808. The molecule has 0 radical (unpaired) electrons. The molecule has 26 heavy (non-hydrogen) atoms. The molecule has 140 valence electrons. The summed E-state index contributed by atoms with van der Waals surface area (Å²) in [5.41, 5.74) is -0.122. The summed E-state index contributed by atoms with van der Waals surface area (Å²) in [6.45, 7) is 6.02. The predicted molar refractivity (Wildman–Crippen MR) is 95.6 cm³/mol. The minimum absolute atomic E-state index is 0.00213. The normalized spacial score (nSPS) is 16.2. The van der Waals surface area contributed by atoms with Crippen LogP contribution in [-0.4, -0.2) is 37.3 Å². The van der Waals surface area contributed by atoms with Crippen molar-refractivity contribution >= 4 is 15.8 Å². The summed E-state index contributed by atoms with van der Waals surface area (Å²) in [5.74, 6) is -0.489. The number of carboxylic acid groups (broad SMARTS) is 1. The summed E-state index contributed by atoms with van der Waals surface area (Å²) < 4.78 is 33.4. The summed E-state index contributed by atoms with van der Waals surface area (Å²) in [7, 11) is -3.18. The number of allylic oxidation sites excluding steroid dienone is 3. The zero-order chi connectivity index (χ0) is 19.5. The molecule has 0 spiro atoms. The maximum atomic E-state index is 11.5. The first-order chi connectivity index (χ1) is 12.2. The molecule has 1 aromatic rings. The maximum absolute atomic E-state index is 11.5. The van der Waals surface area contributed by atoms with E-state index >= 15 is 0 Å². The summed E-state index contributed by atoms with van der Waals surface area (Å²) in [4.78, 5) is 11.1. The van der Waals surface area contributed by atoms with Gasteiger partial charge in [0.1, 0.15) is 27.7 Å². The maximum Gasteiger partial charge on any atom is 0.339 e. The monoisotopic (exact) mass is 380 g/mol. The van der Waals surface area contributed by atoms with Crippen molar-refractivity contribution in [2.24, 2.45) is 0 Å². The third kappa shape index (κ3) is 4.08. The molecule has 0 saturated heterocycles. The van der Waals surface area contributed by atoms with E-state index in [9.17, 15) is 18.3 Å². The van der Waals surface area contributed by atoms with Crippen molar-refractivity contribution in [3.05, 3.63) is 57.6 Å². The first kappa shape index (κ1) is 19.6. The molecule has 0 unspecified atom stereocenters. The van der Waals surface area contributed by atoms with Crippen LogP contribution in [0, 0.1) is 0 Å². The van der Waals surface area contributed by atoms with E-state index in [0.29, 0.717) is 27.9 Å². The van der Waals surface area contributed by atoms with Gasteiger partial charge in [-0.05, 0) is 45.1 Å². The topological polar surface area (TPSA) is 110 Å². The molecule has 2 heterocycles. The van der Waals surface area contributed by atoms with Gasteiger partial charge in [-0.2, -0.15) is 0 Å². The molecule has 2 N–H and O–H groups in total. The molecule has 0 saturated carbocycles. The molecule has 3 rings (SSSR count). The van der Waals surface area contributed by atoms with Gasteiger partial charge in [-0.25, -0.2) is 13.2 Å². The number of fused-ring (bicyclic) bond motifs is 2. The van der Waals surface area contributed by atoms with Crippen LogP contribution < -0.4 is 4.74 Å². The molecule has 0 fully saturated rings. The largest absolute Gasteiger partial charge is 0.507 e. The van der Waals surface area contributed by atoms with Crippen LogP contribution in [0.3, 0.4) is 0 Å². The SMILES string of the molecule is CC(C)OC1=C2C=CC(=C1)S2(=O)=O.CCOc1ccc(C(=O)O)c(O)c1. The van der Waals surface area contributed by atoms with Crippen LogP contribution in [0.2, 0.25) is 0 Å². The van der Waals surface area contributed by atoms with Crippen LogP contribution in [0.5, 0.6) is 11.5 Å². The van der Waals surface area contributed by atoms with Gasteiger partial charge in [-0.3, -0.25) is 0 Å². The highest BCUT2D eigenvalue weighted by Gasteiger charge is 2.35. The predicted octanol–water partition coefficient (Wildman–Crippen LogP) is 2.99. The molecule has 8 heteroatoms. The number of hydrogen-bond acceptors (Lipinski definition) is 6. The highest BCUT2D eigenvalue weighted by atomic mass is 32.2. The number of sulfone groups is 1. The molecular formula is C18H20O7S. The van der Waals surface area contributed by atoms with E-state index in [4.69, 9.17) is 14.6 Å². The molecule has 0 aromatic heterocycles. The minimum atomic E-state index is -3.18. The van der Waals surface area contributed by atoms with Crippen LogP contribution in [-0.2, 0) is 14.6 Å². The van der Waals surface area contributed by atoms with Crippen molar-refractivity contribution < 1.29 is 32.9 Å². The van der Waals surface area contributed by atoms with E-state index in [2.05, 4.69) is 0 Å². The van der Waals surface area contributed by atoms with E-state index in [1.165, 1.54) is 18.2 Å². The average molecular weight is 380 g/mol. The molecule has 0 amide bonds. The fraction of sp³-hybridized carbons (Fsp3) is 0.278. The van der Waals surface area contributed by atoms with Crippen molar-refractivity contribution in [1.29, 1.82) is 0 Å². The Morgan fingerprint density at radius 3 is 2.35 bits per heavy atom. The van der Waals surface area contributed by atoms with E-state index in [0.717, 1.165) is 0 Å². The van der Waals surface area contributed by atoms with E-state index in [1.807, 2.05) is 20.8 Å². The van der Waals surface area contributed by atoms with E-state index < -0.39 is 15.8 Å². The Labute approximate surface area is 151 Å². The van der Waals surface area contributed by atoms with Gasteiger partial charge >= 0.3 is 5.97 Å². The Kier molecular flexibility index (Phi) is 5.76. The van der Waals surface area contributed by atoms with Gasteiger partial charge in [0.15, 0.2) is 0 Å². The molecule has 2 aliphatic rings. The molecule has 0 aliphatic carbocycles. The molecular weight excluding hydrogens is 360 g/mol. The van der Waals surface area contributed by atoms with Crippen LogP contribution in [0.15, 0.2) is 52.0 Å². The van der Waals surface area contributed by atoms with Crippen LogP contribution in [0.4, 0.5) is 0 Å². The number of carboxylic acids is 1. The fourth-order valence-corrected chi connectivity index (χ4v) is 3.68. The Hall–Kier alpha value is -2.74. The third-order valence-electron chi connectivity index (χ3n) is 3.39. The molecule has 2 aliphatic heterocycles. The fourth-order valence-electron chi connectivity index (χ4n) is 2.30. The van der Waals surface area contributed by atoms with Crippen LogP contribution in [0.1, 0.15) is 31.1 Å². The lowest BCUT2D eigenvalue weighted by Gasteiger charge is -2.09. The van der Waals surface area contributed by atoms with Crippen molar-refractivity contribution in [1.82, 2.24) is 0 Å². The lowest BCUT2D eigenvalue weighted by molar-refractivity contribution is 0.0693. The smallest absolute Gasteiger partial charge is 0.339 e. The molecule has 2 bridgehead atoms. The number of rotatable bonds is 5. The van der Waals surface area contributed by atoms with Gasteiger partial charge in [0, 0.05) is 12.1 Å². The van der Waals surface area contributed by atoms with Crippen molar-refractivity contribution in [3.63, 3.8) is 0 Å². The first-order valence-corrected chi connectivity index (χ1v) is 9.40. The van der Waals surface area contributed by atoms with Gasteiger partial charge in [-0.1, -0.05) is 0 Å². The van der Waals surface area contributed by atoms with Gasteiger partial charge in [0.05, 0.1) is 17.6 Å². The minimum Gasteiger partial charge on any atom is -0.507 e. The number of hydrogen-bond donors (Lipinski definition) is 2. The van der Waals surface area contributed by atoms with Crippen molar-refractivity contribution in [2.45, 2.75) is 26.9 Å². The van der Waals surface area contributed by atoms with Crippen LogP contribution >= 0.6 is 0 Å². The Morgan fingerprint density at radius 2 is 1.92 bits per heavy atom. The van der Waals surface area contributed by atoms with Crippen molar-refractivity contribution in [3.8, 4) is 11.5 Å². The average Bonchev–Trinajstić information content (AvgIpc) is 2.94. The summed E-state index contributed by atoms with van der Waals surface area (Å²) in [6.07, 6.45) is 4.76. The number of carbonyl (C=O) groups is 1. The van der Waals surface area contributed by atoms with E-state index in [1.54, 1.807) is 18.2 Å². The zero-order valence-corrected chi connectivity index (χ0v) is 15.4. The van der Waals surface area contributed by atoms with Gasteiger partial charge in [-0.15, -0.1) is 0 Å².